The van der Waals surface area contributed by atoms with Crippen molar-refractivity contribution >= 4 is 67.0 Å². The Morgan fingerprint density at radius 2 is 1.63 bits per heavy atom. The molecule has 0 spiro atoms. The molecule has 0 saturated carbocycles. The topological polar surface area (TPSA) is 83.8 Å². The zero-order chi connectivity index (χ0) is 27.4. The Balaban J connectivity index is 1.56. The molecule has 0 aliphatic heterocycles. The highest BCUT2D eigenvalue weighted by molar-refractivity contribution is 9.10. The number of aromatic nitrogens is 1. The van der Waals surface area contributed by atoms with E-state index in [1.807, 2.05) is 44.2 Å². The van der Waals surface area contributed by atoms with E-state index < -0.39 is 22.5 Å². The number of nitrogens with zero attached hydrogens (tertiary/aromatic N) is 3. The largest absolute Gasteiger partial charge is 0.318 e. The minimum absolute atomic E-state index is 0.0211. The molecular weight excluding hydrogens is 611 g/mol. The standard InChI is InChI=1S/C27H23BrCl2N4O3S/c1-18-12-20(19(2)34(18)24-10-8-21(28)9-11-24)16-31-32-27(35)17-33(25-14-22(29)13-23(30)15-25)38(36,37)26-6-4-3-5-7-26/h3-16H,17H2,1-2H3,(H,32,35)/b31-16-. The Hall–Kier alpha value is -3.11. The number of hydrazone groups is 1. The van der Waals surface area contributed by atoms with Crippen LogP contribution in [0.25, 0.3) is 5.69 Å². The molecule has 0 fully saturated rings. The predicted molar refractivity (Wildman–Crippen MR) is 156 cm³/mol. The quantitative estimate of drug-likeness (QED) is 0.177. The zero-order valence-corrected chi connectivity index (χ0v) is 24.3. The summed E-state index contributed by atoms with van der Waals surface area (Å²) in [5, 5.41) is 4.56. The van der Waals surface area contributed by atoms with Crippen molar-refractivity contribution in [2.45, 2.75) is 18.7 Å². The van der Waals surface area contributed by atoms with Crippen LogP contribution in [0.5, 0.6) is 0 Å². The van der Waals surface area contributed by atoms with Gasteiger partial charge in [-0.2, -0.15) is 5.10 Å². The van der Waals surface area contributed by atoms with Crippen molar-refractivity contribution in [2.24, 2.45) is 5.10 Å². The molecule has 0 aliphatic rings. The summed E-state index contributed by atoms with van der Waals surface area (Å²) >= 11 is 15.7. The van der Waals surface area contributed by atoms with Gasteiger partial charge in [-0.05, 0) is 74.5 Å². The van der Waals surface area contributed by atoms with Crippen molar-refractivity contribution in [3.8, 4) is 5.69 Å². The Labute approximate surface area is 239 Å². The highest BCUT2D eigenvalue weighted by Gasteiger charge is 2.27. The molecule has 0 radical (unpaired) electrons. The van der Waals surface area contributed by atoms with Crippen LogP contribution in [-0.2, 0) is 14.8 Å². The third-order valence-electron chi connectivity index (χ3n) is 5.70. The molecular formula is C27H23BrCl2N4O3S. The van der Waals surface area contributed by atoms with Crippen LogP contribution in [0.4, 0.5) is 5.69 Å². The lowest BCUT2D eigenvalue weighted by Crippen LogP contribution is -2.39. The molecule has 0 unspecified atom stereocenters. The first-order chi connectivity index (χ1) is 18.1. The van der Waals surface area contributed by atoms with E-state index in [-0.39, 0.29) is 20.6 Å². The number of hydrogen-bond donors (Lipinski definition) is 1. The van der Waals surface area contributed by atoms with Gasteiger partial charge in [0, 0.05) is 37.2 Å². The number of halogens is 3. The third kappa shape index (κ3) is 6.30. The van der Waals surface area contributed by atoms with Gasteiger partial charge in [0.2, 0.25) is 0 Å². The number of rotatable bonds is 8. The van der Waals surface area contributed by atoms with E-state index in [9.17, 15) is 13.2 Å². The second-order valence-electron chi connectivity index (χ2n) is 8.38. The lowest BCUT2D eigenvalue weighted by molar-refractivity contribution is -0.119. The Morgan fingerprint density at radius 3 is 2.26 bits per heavy atom. The van der Waals surface area contributed by atoms with Crippen molar-refractivity contribution in [1.29, 1.82) is 0 Å². The molecule has 0 bridgehead atoms. The second kappa shape index (κ2) is 11.7. The van der Waals surface area contributed by atoms with Gasteiger partial charge in [-0.25, -0.2) is 13.8 Å². The summed E-state index contributed by atoms with van der Waals surface area (Å²) < 4.78 is 30.9. The minimum atomic E-state index is -4.11. The van der Waals surface area contributed by atoms with Crippen molar-refractivity contribution in [3.05, 3.63) is 110 Å². The molecule has 4 aromatic rings. The van der Waals surface area contributed by atoms with Crippen LogP contribution in [0.15, 0.2) is 93.3 Å². The fourth-order valence-corrected chi connectivity index (χ4v) is 6.17. The Morgan fingerprint density at radius 1 is 1.00 bits per heavy atom. The maximum absolute atomic E-state index is 13.4. The molecule has 1 amide bonds. The molecule has 1 heterocycles. The number of carbonyl (C=O) groups excluding carboxylic acids is 1. The van der Waals surface area contributed by atoms with E-state index in [0.717, 1.165) is 31.4 Å². The predicted octanol–water partition coefficient (Wildman–Crippen LogP) is 6.51. The van der Waals surface area contributed by atoms with Gasteiger partial charge in [0.05, 0.1) is 16.8 Å². The number of sulfonamides is 1. The first-order valence-electron chi connectivity index (χ1n) is 11.4. The maximum atomic E-state index is 13.4. The molecule has 0 saturated heterocycles. The van der Waals surface area contributed by atoms with Crippen LogP contribution in [-0.4, -0.2) is 31.7 Å². The fourth-order valence-electron chi connectivity index (χ4n) is 3.96. The second-order valence-corrected chi connectivity index (χ2v) is 12.0. The zero-order valence-electron chi connectivity index (χ0n) is 20.4. The summed E-state index contributed by atoms with van der Waals surface area (Å²) in [5.41, 5.74) is 6.32. The summed E-state index contributed by atoms with van der Waals surface area (Å²) in [4.78, 5) is 12.9. The van der Waals surface area contributed by atoms with Crippen LogP contribution in [0.2, 0.25) is 10.0 Å². The van der Waals surface area contributed by atoms with Crippen LogP contribution >= 0.6 is 39.1 Å². The van der Waals surface area contributed by atoms with E-state index in [4.69, 9.17) is 23.2 Å². The van der Waals surface area contributed by atoms with E-state index in [1.54, 1.807) is 18.2 Å². The average molecular weight is 634 g/mol. The molecule has 7 nitrogen and oxygen atoms in total. The number of amides is 1. The molecule has 38 heavy (non-hydrogen) atoms. The molecule has 0 aliphatic carbocycles. The number of nitrogens with one attached hydrogen (secondary N) is 1. The molecule has 11 heteroatoms. The summed E-state index contributed by atoms with van der Waals surface area (Å²) in [7, 11) is -4.11. The van der Waals surface area contributed by atoms with Gasteiger partial charge in [-0.1, -0.05) is 57.3 Å². The Kier molecular flexibility index (Phi) is 8.62. The fraction of sp³-hybridized carbons (Fsp3) is 0.111. The highest BCUT2D eigenvalue weighted by Crippen LogP contribution is 2.29. The highest BCUT2D eigenvalue weighted by atomic mass is 79.9. The molecule has 1 N–H and O–H groups in total. The van der Waals surface area contributed by atoms with E-state index in [2.05, 4.69) is 31.0 Å². The van der Waals surface area contributed by atoms with Gasteiger partial charge < -0.3 is 4.57 Å². The smallest absolute Gasteiger partial charge is 0.264 e. The number of aryl methyl sites for hydroxylation is 1. The summed E-state index contributed by atoms with van der Waals surface area (Å²) in [6, 6.07) is 22.0. The molecule has 1 aromatic heterocycles. The number of anilines is 1. The maximum Gasteiger partial charge on any atom is 0.264 e. The lowest BCUT2D eigenvalue weighted by Gasteiger charge is -2.24. The van der Waals surface area contributed by atoms with Crippen LogP contribution < -0.4 is 9.73 Å². The van der Waals surface area contributed by atoms with Crippen molar-refractivity contribution in [1.82, 2.24) is 9.99 Å². The van der Waals surface area contributed by atoms with Crippen molar-refractivity contribution in [2.75, 3.05) is 10.8 Å². The minimum Gasteiger partial charge on any atom is -0.318 e. The van der Waals surface area contributed by atoms with Gasteiger partial charge in [-0.3, -0.25) is 9.10 Å². The van der Waals surface area contributed by atoms with E-state index in [1.165, 1.54) is 36.5 Å². The number of benzene rings is 3. The number of hydrogen-bond acceptors (Lipinski definition) is 4. The van der Waals surface area contributed by atoms with E-state index >= 15 is 0 Å². The van der Waals surface area contributed by atoms with Crippen LogP contribution in [0.1, 0.15) is 17.0 Å². The van der Waals surface area contributed by atoms with Crippen LogP contribution in [0, 0.1) is 13.8 Å². The van der Waals surface area contributed by atoms with Gasteiger partial charge in [0.15, 0.2) is 0 Å². The van der Waals surface area contributed by atoms with Gasteiger partial charge in [-0.15, -0.1) is 0 Å². The van der Waals surface area contributed by atoms with Gasteiger partial charge in [0.1, 0.15) is 6.54 Å². The molecule has 196 valence electrons. The number of carbonyl (C=O) groups is 1. The van der Waals surface area contributed by atoms with Gasteiger partial charge in [0.25, 0.3) is 15.9 Å². The summed E-state index contributed by atoms with van der Waals surface area (Å²) in [6.45, 7) is 3.39. The first-order valence-corrected chi connectivity index (χ1v) is 14.4. The third-order valence-corrected chi connectivity index (χ3v) is 8.45. The van der Waals surface area contributed by atoms with Crippen molar-refractivity contribution < 1.29 is 13.2 Å². The molecule has 0 atom stereocenters. The first kappa shape index (κ1) is 27.9. The average Bonchev–Trinajstić information content (AvgIpc) is 3.15. The summed E-state index contributed by atoms with van der Waals surface area (Å²) in [6.07, 6.45) is 1.53. The molecule has 3 aromatic carbocycles. The van der Waals surface area contributed by atoms with E-state index in [0.29, 0.717) is 0 Å². The van der Waals surface area contributed by atoms with Gasteiger partial charge >= 0.3 is 0 Å². The SMILES string of the molecule is Cc1cc(/C=N\NC(=O)CN(c2cc(Cl)cc(Cl)c2)S(=O)(=O)c2ccccc2)c(C)n1-c1ccc(Br)cc1. The Bertz CT molecular complexity index is 1590. The normalized spacial score (nSPS) is 11.6. The lowest BCUT2D eigenvalue weighted by atomic mass is 10.2. The monoisotopic (exact) mass is 632 g/mol. The summed E-state index contributed by atoms with van der Waals surface area (Å²) in [5.74, 6) is -0.640. The van der Waals surface area contributed by atoms with Crippen LogP contribution in [0.3, 0.4) is 0 Å². The van der Waals surface area contributed by atoms with Crippen molar-refractivity contribution in [3.63, 3.8) is 0 Å². The molecule has 4 rings (SSSR count).